The number of aryl methyl sites for hydroxylation is 2. The van der Waals surface area contributed by atoms with Crippen molar-refractivity contribution in [2.24, 2.45) is 0 Å². The summed E-state index contributed by atoms with van der Waals surface area (Å²) in [6.07, 6.45) is 0. The van der Waals surface area contributed by atoms with Crippen LogP contribution in [0.25, 0.3) is 0 Å². The molecule has 0 aliphatic carbocycles. The summed E-state index contributed by atoms with van der Waals surface area (Å²) in [5.74, 6) is -0.968. The van der Waals surface area contributed by atoms with E-state index >= 15 is 0 Å². The van der Waals surface area contributed by atoms with Crippen LogP contribution in [0.1, 0.15) is 18.1 Å². The molecule has 1 aromatic rings. The van der Waals surface area contributed by atoms with E-state index in [1.54, 1.807) is 30.0 Å². The number of carbonyl (C=O) groups is 2. The SMILES string of the molecule is CC(=O)N1CCN(C(=O)CS(=O)(=O)c2ccc(C)cc2C)CC1. The van der Waals surface area contributed by atoms with Gasteiger partial charge in [-0.1, -0.05) is 17.7 Å². The summed E-state index contributed by atoms with van der Waals surface area (Å²) in [6.45, 7) is 6.76. The third-order valence-electron chi connectivity index (χ3n) is 4.06. The minimum atomic E-state index is -3.66. The fourth-order valence-electron chi connectivity index (χ4n) is 2.75. The maximum atomic E-state index is 12.5. The second kappa shape index (κ2) is 6.70. The first kappa shape index (κ1) is 17.5. The maximum Gasteiger partial charge on any atom is 0.238 e. The van der Waals surface area contributed by atoms with Gasteiger partial charge in [0, 0.05) is 33.1 Å². The largest absolute Gasteiger partial charge is 0.339 e. The van der Waals surface area contributed by atoms with Crippen LogP contribution in [0.4, 0.5) is 0 Å². The zero-order valence-corrected chi connectivity index (χ0v) is 14.5. The topological polar surface area (TPSA) is 74.8 Å². The molecule has 126 valence electrons. The summed E-state index contributed by atoms with van der Waals surface area (Å²) in [6, 6.07) is 5.08. The highest BCUT2D eigenvalue weighted by Gasteiger charge is 2.27. The Hall–Kier alpha value is -1.89. The second-order valence-electron chi connectivity index (χ2n) is 5.91. The van der Waals surface area contributed by atoms with Gasteiger partial charge in [-0.3, -0.25) is 9.59 Å². The predicted molar refractivity (Wildman–Crippen MR) is 86.8 cm³/mol. The van der Waals surface area contributed by atoms with E-state index < -0.39 is 21.5 Å². The summed E-state index contributed by atoms with van der Waals surface area (Å²) < 4.78 is 25.0. The molecule has 0 N–H and O–H groups in total. The first-order chi connectivity index (χ1) is 10.7. The van der Waals surface area contributed by atoms with E-state index in [4.69, 9.17) is 0 Å². The minimum absolute atomic E-state index is 0.0278. The lowest BCUT2D eigenvalue weighted by molar-refractivity contribution is -0.136. The standard InChI is InChI=1S/C16H22N2O4S/c1-12-4-5-15(13(2)10-12)23(21,22)11-16(20)18-8-6-17(7-9-18)14(3)19/h4-5,10H,6-9,11H2,1-3H3. The molecule has 0 bridgehead atoms. The Labute approximate surface area is 137 Å². The fourth-order valence-corrected chi connectivity index (χ4v) is 4.24. The zero-order valence-electron chi connectivity index (χ0n) is 13.7. The first-order valence-corrected chi connectivity index (χ1v) is 9.19. The van der Waals surface area contributed by atoms with Gasteiger partial charge in [-0.2, -0.15) is 0 Å². The van der Waals surface area contributed by atoms with Gasteiger partial charge < -0.3 is 9.80 Å². The van der Waals surface area contributed by atoms with Crippen LogP contribution < -0.4 is 0 Å². The predicted octanol–water partition coefficient (Wildman–Crippen LogP) is 0.768. The summed E-state index contributed by atoms with van der Waals surface area (Å²) in [5.41, 5.74) is 1.63. The van der Waals surface area contributed by atoms with Gasteiger partial charge >= 0.3 is 0 Å². The molecule has 1 aromatic carbocycles. The Bertz CT molecular complexity index is 720. The van der Waals surface area contributed by atoms with Gasteiger partial charge in [0.05, 0.1) is 4.90 Å². The van der Waals surface area contributed by atoms with Crippen molar-refractivity contribution in [3.8, 4) is 0 Å². The lowest BCUT2D eigenvalue weighted by Gasteiger charge is -2.34. The molecule has 1 fully saturated rings. The molecule has 2 amide bonds. The van der Waals surface area contributed by atoms with E-state index in [1.165, 1.54) is 11.8 Å². The molecule has 0 radical (unpaired) electrons. The van der Waals surface area contributed by atoms with E-state index in [9.17, 15) is 18.0 Å². The van der Waals surface area contributed by atoms with Crippen LogP contribution in [0.5, 0.6) is 0 Å². The van der Waals surface area contributed by atoms with Crippen molar-refractivity contribution < 1.29 is 18.0 Å². The van der Waals surface area contributed by atoms with Crippen molar-refractivity contribution in [2.75, 3.05) is 31.9 Å². The van der Waals surface area contributed by atoms with Crippen LogP contribution in [-0.4, -0.2) is 62.0 Å². The number of hydrogen-bond donors (Lipinski definition) is 0. The van der Waals surface area contributed by atoms with Crippen molar-refractivity contribution in [3.05, 3.63) is 29.3 Å². The van der Waals surface area contributed by atoms with Crippen LogP contribution in [-0.2, 0) is 19.4 Å². The van der Waals surface area contributed by atoms with Gasteiger partial charge in [0.1, 0.15) is 5.75 Å². The Morgan fingerprint density at radius 3 is 2.13 bits per heavy atom. The van der Waals surface area contributed by atoms with E-state index in [2.05, 4.69) is 0 Å². The molecule has 0 spiro atoms. The molecule has 7 heteroatoms. The smallest absolute Gasteiger partial charge is 0.238 e. The summed E-state index contributed by atoms with van der Waals surface area (Å²) in [4.78, 5) is 26.9. The number of rotatable bonds is 3. The van der Waals surface area contributed by atoms with E-state index in [0.29, 0.717) is 31.7 Å². The fraction of sp³-hybridized carbons (Fsp3) is 0.500. The van der Waals surface area contributed by atoms with Crippen molar-refractivity contribution in [2.45, 2.75) is 25.7 Å². The molecule has 0 saturated carbocycles. The molecule has 0 aromatic heterocycles. The normalized spacial score (nSPS) is 15.6. The highest BCUT2D eigenvalue weighted by Crippen LogP contribution is 2.18. The number of piperazine rings is 1. The molecular weight excluding hydrogens is 316 g/mol. The maximum absolute atomic E-state index is 12.5. The van der Waals surface area contributed by atoms with Crippen molar-refractivity contribution in [1.82, 2.24) is 9.80 Å². The monoisotopic (exact) mass is 338 g/mol. The van der Waals surface area contributed by atoms with E-state index in [1.807, 2.05) is 6.92 Å². The van der Waals surface area contributed by atoms with Crippen LogP contribution in [0.15, 0.2) is 23.1 Å². The Kier molecular flexibility index (Phi) is 5.09. The number of hydrogen-bond acceptors (Lipinski definition) is 4. The average Bonchev–Trinajstić information content (AvgIpc) is 2.46. The van der Waals surface area contributed by atoms with Gasteiger partial charge in [0.25, 0.3) is 0 Å². The van der Waals surface area contributed by atoms with Gasteiger partial charge in [-0.25, -0.2) is 8.42 Å². The summed E-state index contributed by atoms with van der Waals surface area (Å²) in [7, 11) is -3.66. The highest BCUT2D eigenvalue weighted by atomic mass is 32.2. The molecule has 1 aliphatic rings. The molecule has 1 aliphatic heterocycles. The highest BCUT2D eigenvalue weighted by molar-refractivity contribution is 7.92. The number of amides is 2. The van der Waals surface area contributed by atoms with Crippen molar-refractivity contribution in [1.29, 1.82) is 0 Å². The van der Waals surface area contributed by atoms with Crippen LogP contribution in [0.3, 0.4) is 0 Å². The molecule has 1 saturated heterocycles. The van der Waals surface area contributed by atoms with Crippen molar-refractivity contribution in [3.63, 3.8) is 0 Å². The quantitative estimate of drug-likeness (QED) is 0.816. The number of benzene rings is 1. The summed E-state index contributed by atoms with van der Waals surface area (Å²) >= 11 is 0. The molecule has 0 unspecified atom stereocenters. The Morgan fingerprint density at radius 2 is 1.61 bits per heavy atom. The number of nitrogens with zero attached hydrogens (tertiary/aromatic N) is 2. The first-order valence-electron chi connectivity index (χ1n) is 7.54. The lowest BCUT2D eigenvalue weighted by Crippen LogP contribution is -2.51. The minimum Gasteiger partial charge on any atom is -0.339 e. The lowest BCUT2D eigenvalue weighted by atomic mass is 10.2. The second-order valence-corrected chi connectivity index (χ2v) is 7.87. The third-order valence-corrected chi connectivity index (χ3v) is 5.81. The number of carbonyl (C=O) groups excluding carboxylic acids is 2. The van der Waals surface area contributed by atoms with Crippen LogP contribution in [0, 0.1) is 13.8 Å². The van der Waals surface area contributed by atoms with Gasteiger partial charge in [0.2, 0.25) is 11.8 Å². The van der Waals surface area contributed by atoms with Gasteiger partial charge in [0.15, 0.2) is 9.84 Å². The number of sulfone groups is 1. The van der Waals surface area contributed by atoms with Crippen LogP contribution in [0.2, 0.25) is 0 Å². The van der Waals surface area contributed by atoms with Gasteiger partial charge in [-0.05, 0) is 25.5 Å². The van der Waals surface area contributed by atoms with E-state index in [-0.39, 0.29) is 10.8 Å². The van der Waals surface area contributed by atoms with Crippen molar-refractivity contribution >= 4 is 21.7 Å². The Balaban J connectivity index is 2.06. The average molecular weight is 338 g/mol. The molecular formula is C16H22N2O4S. The van der Waals surface area contributed by atoms with E-state index in [0.717, 1.165) is 5.56 Å². The molecule has 6 nitrogen and oxygen atoms in total. The Morgan fingerprint density at radius 1 is 1.04 bits per heavy atom. The summed E-state index contributed by atoms with van der Waals surface area (Å²) in [5, 5.41) is 0. The third kappa shape index (κ3) is 4.10. The molecule has 2 rings (SSSR count). The van der Waals surface area contributed by atoms with Crippen LogP contribution >= 0.6 is 0 Å². The molecule has 23 heavy (non-hydrogen) atoms. The molecule has 1 heterocycles. The zero-order chi connectivity index (χ0) is 17.2. The van der Waals surface area contributed by atoms with Gasteiger partial charge in [-0.15, -0.1) is 0 Å². The molecule has 0 atom stereocenters.